The maximum Gasteiger partial charge on any atom is 0.115 e. The lowest BCUT2D eigenvalue weighted by atomic mass is 10.1. The second-order valence-corrected chi connectivity index (χ2v) is 7.84. The summed E-state index contributed by atoms with van der Waals surface area (Å²) in [4.78, 5) is 0. The molecular weight excluding hydrogens is 410 g/mol. The van der Waals surface area contributed by atoms with E-state index in [2.05, 4.69) is 44.7 Å². The molecule has 3 aromatic heterocycles. The monoisotopic (exact) mass is 425 g/mol. The predicted octanol–water partition coefficient (Wildman–Crippen LogP) is 5.11. The van der Waals surface area contributed by atoms with Gasteiger partial charge in [-0.3, -0.25) is 5.10 Å². The normalized spacial score (nSPS) is 11.5. The highest BCUT2D eigenvalue weighted by Gasteiger charge is 2.16. The van der Waals surface area contributed by atoms with Crippen LogP contribution < -0.4 is 0 Å². The zero-order chi connectivity index (χ0) is 20.9. The minimum absolute atomic E-state index is 0.595. The van der Waals surface area contributed by atoms with Crippen LogP contribution in [0.15, 0.2) is 73.1 Å². The molecule has 3 aromatic carbocycles. The van der Waals surface area contributed by atoms with Crippen molar-refractivity contribution in [2.75, 3.05) is 0 Å². The molecule has 0 fully saturated rings. The molecule has 31 heavy (non-hydrogen) atoms. The lowest BCUT2D eigenvalue weighted by molar-refractivity contribution is 0.824. The first-order valence-corrected chi connectivity index (χ1v) is 10.1. The zero-order valence-electron chi connectivity index (χ0n) is 16.5. The number of rotatable bonds is 3. The number of halogens is 1. The number of hydrogen-bond donors (Lipinski definition) is 1. The van der Waals surface area contributed by atoms with E-state index in [1.54, 1.807) is 12.4 Å². The Balaban J connectivity index is 1.54. The van der Waals surface area contributed by atoms with Crippen LogP contribution in [0.5, 0.6) is 0 Å². The zero-order valence-corrected chi connectivity index (χ0v) is 17.2. The Hall–Kier alpha value is -3.97. The molecule has 6 aromatic rings. The minimum atomic E-state index is 0.595. The van der Waals surface area contributed by atoms with E-state index in [1.165, 1.54) is 0 Å². The number of nitrogens with zero attached hydrogens (tertiary/aromatic N) is 6. The average Bonchev–Trinajstić information content (AvgIpc) is 3.51. The maximum atomic E-state index is 6.67. The number of aromatic nitrogens is 7. The molecular formula is C23H16ClN7. The molecule has 1 N–H and O–H groups in total. The lowest BCUT2D eigenvalue weighted by Crippen LogP contribution is -2.00. The van der Waals surface area contributed by atoms with Crippen LogP contribution in [-0.4, -0.2) is 35.0 Å². The van der Waals surface area contributed by atoms with Crippen LogP contribution in [-0.2, 0) is 0 Å². The molecule has 0 atom stereocenters. The molecule has 3 heterocycles. The minimum Gasteiger partial charge on any atom is -0.278 e. The number of aromatic amines is 1. The van der Waals surface area contributed by atoms with Gasteiger partial charge in [0.05, 0.1) is 45.5 Å². The fourth-order valence-corrected chi connectivity index (χ4v) is 4.11. The van der Waals surface area contributed by atoms with Crippen LogP contribution in [0.4, 0.5) is 0 Å². The second-order valence-electron chi connectivity index (χ2n) is 7.43. The summed E-state index contributed by atoms with van der Waals surface area (Å²) in [6, 6.07) is 20.0. The third kappa shape index (κ3) is 2.90. The fraction of sp³-hybridized carbons (Fsp3) is 0.0435. The van der Waals surface area contributed by atoms with E-state index in [1.807, 2.05) is 57.9 Å². The van der Waals surface area contributed by atoms with Gasteiger partial charge in [0, 0.05) is 10.9 Å². The summed E-state index contributed by atoms with van der Waals surface area (Å²) >= 11 is 6.67. The summed E-state index contributed by atoms with van der Waals surface area (Å²) in [5.41, 5.74) is 7.31. The number of hydrogen-bond acceptors (Lipinski definition) is 4. The third-order valence-electron chi connectivity index (χ3n) is 5.37. The van der Waals surface area contributed by atoms with Gasteiger partial charge in [0.2, 0.25) is 0 Å². The molecule has 0 radical (unpaired) electrons. The quantitative estimate of drug-likeness (QED) is 0.427. The fourth-order valence-electron chi connectivity index (χ4n) is 3.86. The number of nitrogens with one attached hydrogen (secondary N) is 1. The molecule has 150 valence electrons. The summed E-state index contributed by atoms with van der Waals surface area (Å²) in [5, 5.41) is 21.9. The Morgan fingerprint density at radius 2 is 1.84 bits per heavy atom. The molecule has 8 heteroatoms. The van der Waals surface area contributed by atoms with Crippen LogP contribution in [0.25, 0.3) is 44.6 Å². The Labute approximate surface area is 181 Å². The van der Waals surface area contributed by atoms with Gasteiger partial charge in [-0.15, -0.1) is 5.10 Å². The first-order chi connectivity index (χ1) is 15.2. The Kier molecular flexibility index (Phi) is 3.91. The molecule has 0 unspecified atom stereocenters. The SMILES string of the molecule is Cc1cccc(-n2nccc2-c2cc3c(cc2Cl)nnn3-c2ccc3cn[nH]c3c2)c1. The third-order valence-corrected chi connectivity index (χ3v) is 5.68. The molecule has 0 amide bonds. The molecule has 0 aliphatic rings. The van der Waals surface area contributed by atoms with E-state index in [4.69, 9.17) is 11.6 Å². The Morgan fingerprint density at radius 3 is 2.74 bits per heavy atom. The van der Waals surface area contributed by atoms with E-state index >= 15 is 0 Å². The molecule has 0 saturated carbocycles. The van der Waals surface area contributed by atoms with E-state index in [9.17, 15) is 0 Å². The van der Waals surface area contributed by atoms with Gasteiger partial charge in [0.15, 0.2) is 0 Å². The standard InChI is InChI=1S/C23H16ClN7/c1-14-3-2-4-16(9-14)30-22(7-8-26-30)18-11-23-21(12-19(18)24)28-29-31(23)17-6-5-15-13-25-27-20(15)10-17/h2-13H,1H3,(H,25,27). The van der Waals surface area contributed by atoms with E-state index < -0.39 is 0 Å². The van der Waals surface area contributed by atoms with Crippen molar-refractivity contribution in [1.29, 1.82) is 0 Å². The van der Waals surface area contributed by atoms with Gasteiger partial charge < -0.3 is 0 Å². The summed E-state index contributed by atoms with van der Waals surface area (Å²) in [6.07, 6.45) is 3.57. The molecule has 0 spiro atoms. The number of aryl methyl sites for hydroxylation is 1. The van der Waals surface area contributed by atoms with Gasteiger partial charge in [0.25, 0.3) is 0 Å². The smallest absolute Gasteiger partial charge is 0.115 e. The lowest BCUT2D eigenvalue weighted by Gasteiger charge is -2.11. The number of benzene rings is 3. The van der Waals surface area contributed by atoms with Gasteiger partial charge in [-0.05, 0) is 61.0 Å². The van der Waals surface area contributed by atoms with Crippen molar-refractivity contribution in [1.82, 2.24) is 35.0 Å². The number of H-pyrrole nitrogens is 1. The molecule has 7 nitrogen and oxygen atoms in total. The van der Waals surface area contributed by atoms with Crippen molar-refractivity contribution in [3.8, 4) is 22.6 Å². The topological polar surface area (TPSA) is 77.2 Å². The van der Waals surface area contributed by atoms with E-state index in [0.717, 1.165) is 50.1 Å². The molecule has 0 saturated heterocycles. The summed E-state index contributed by atoms with van der Waals surface area (Å²) in [5.74, 6) is 0. The molecule has 0 aliphatic heterocycles. The first kappa shape index (κ1) is 17.9. The van der Waals surface area contributed by atoms with Gasteiger partial charge in [-0.25, -0.2) is 9.36 Å². The summed E-state index contributed by atoms with van der Waals surface area (Å²) in [7, 11) is 0. The van der Waals surface area contributed by atoms with Gasteiger partial charge >= 0.3 is 0 Å². The van der Waals surface area contributed by atoms with Crippen molar-refractivity contribution in [3.05, 3.63) is 83.6 Å². The van der Waals surface area contributed by atoms with Crippen molar-refractivity contribution in [3.63, 3.8) is 0 Å². The maximum absolute atomic E-state index is 6.67. The number of fused-ring (bicyclic) bond motifs is 2. The summed E-state index contributed by atoms with van der Waals surface area (Å²) in [6.45, 7) is 2.06. The van der Waals surface area contributed by atoms with Crippen LogP contribution in [0.2, 0.25) is 5.02 Å². The van der Waals surface area contributed by atoms with Crippen LogP contribution in [0.1, 0.15) is 5.56 Å². The highest BCUT2D eigenvalue weighted by atomic mass is 35.5. The van der Waals surface area contributed by atoms with Gasteiger partial charge in [-0.1, -0.05) is 28.9 Å². The summed E-state index contributed by atoms with van der Waals surface area (Å²) < 4.78 is 3.70. The average molecular weight is 426 g/mol. The van der Waals surface area contributed by atoms with E-state index in [-0.39, 0.29) is 0 Å². The Bertz CT molecular complexity index is 1570. The van der Waals surface area contributed by atoms with E-state index in [0.29, 0.717) is 5.02 Å². The van der Waals surface area contributed by atoms with Crippen molar-refractivity contribution in [2.45, 2.75) is 6.92 Å². The Morgan fingerprint density at radius 1 is 0.935 bits per heavy atom. The van der Waals surface area contributed by atoms with Crippen molar-refractivity contribution in [2.24, 2.45) is 0 Å². The van der Waals surface area contributed by atoms with Gasteiger partial charge in [-0.2, -0.15) is 10.2 Å². The van der Waals surface area contributed by atoms with Crippen molar-refractivity contribution >= 4 is 33.5 Å². The molecule has 6 rings (SSSR count). The molecule has 0 aliphatic carbocycles. The van der Waals surface area contributed by atoms with Crippen LogP contribution in [0, 0.1) is 6.92 Å². The van der Waals surface area contributed by atoms with Gasteiger partial charge in [0.1, 0.15) is 5.52 Å². The van der Waals surface area contributed by atoms with Crippen LogP contribution in [0.3, 0.4) is 0 Å². The second kappa shape index (κ2) is 6.78. The van der Waals surface area contributed by atoms with Crippen molar-refractivity contribution < 1.29 is 0 Å². The largest absolute Gasteiger partial charge is 0.278 e. The highest BCUT2D eigenvalue weighted by Crippen LogP contribution is 2.33. The predicted molar refractivity (Wildman–Crippen MR) is 121 cm³/mol. The highest BCUT2D eigenvalue weighted by molar-refractivity contribution is 6.34. The first-order valence-electron chi connectivity index (χ1n) is 9.77. The molecule has 0 bridgehead atoms. The van der Waals surface area contributed by atoms with Crippen LogP contribution >= 0.6 is 11.6 Å².